The van der Waals surface area contributed by atoms with E-state index in [1.165, 1.54) is 28.4 Å². The summed E-state index contributed by atoms with van der Waals surface area (Å²) >= 11 is 0. The maximum absolute atomic E-state index is 12.0. The Morgan fingerprint density at radius 3 is 2.12 bits per heavy atom. The Bertz CT molecular complexity index is 574. The van der Waals surface area contributed by atoms with Gasteiger partial charge in [-0.3, -0.25) is 10.2 Å². The van der Waals surface area contributed by atoms with Crippen molar-refractivity contribution < 1.29 is 28.8 Å². The summed E-state index contributed by atoms with van der Waals surface area (Å²) in [5.74, 6) is 0.544. The molecule has 1 aromatic rings. The second-order valence-corrected chi connectivity index (χ2v) is 5.94. The smallest absolute Gasteiger partial charge is 0.306 e. The molecule has 1 saturated heterocycles. The van der Waals surface area contributed by atoms with Gasteiger partial charge in [-0.15, -0.1) is 0 Å². The zero-order valence-electron chi connectivity index (χ0n) is 15.2. The first-order valence-electron chi connectivity index (χ1n) is 8.02. The molecule has 3 N–H and O–H groups in total. The fraction of sp³-hybridized carbons (Fsp3) is 0.588. The standard InChI is InChI=1S/C17H26N2O6/c1-9-15(17(21)19-18-9)11(8-14(20)24-4)10-6-12(22-2)16(25-5)13(7-10)23-3/h6-7,9,11,15,17-19,21H,8H2,1-5H3. The Hall–Kier alpha value is -2.03. The Kier molecular flexibility index (Phi) is 6.46. The minimum absolute atomic E-state index is 0.0521. The third-order valence-corrected chi connectivity index (χ3v) is 4.59. The van der Waals surface area contributed by atoms with Gasteiger partial charge in [-0.1, -0.05) is 0 Å². The largest absolute Gasteiger partial charge is 0.493 e. The minimum atomic E-state index is -0.802. The van der Waals surface area contributed by atoms with Crippen LogP contribution in [0, 0.1) is 5.92 Å². The average molecular weight is 354 g/mol. The second-order valence-electron chi connectivity index (χ2n) is 5.94. The molecule has 1 aliphatic rings. The van der Waals surface area contributed by atoms with E-state index >= 15 is 0 Å². The summed E-state index contributed by atoms with van der Waals surface area (Å²) in [4.78, 5) is 12.0. The van der Waals surface area contributed by atoms with Crippen LogP contribution in [0.25, 0.3) is 0 Å². The van der Waals surface area contributed by atoms with Crippen molar-refractivity contribution in [3.63, 3.8) is 0 Å². The summed E-state index contributed by atoms with van der Waals surface area (Å²) in [7, 11) is 5.95. The number of esters is 1. The summed E-state index contributed by atoms with van der Waals surface area (Å²) in [6.07, 6.45) is -0.686. The maximum atomic E-state index is 12.0. The number of aliphatic hydroxyl groups excluding tert-OH is 1. The molecule has 140 valence electrons. The molecule has 2 rings (SSSR count). The van der Waals surface area contributed by atoms with E-state index < -0.39 is 6.23 Å². The van der Waals surface area contributed by atoms with Gasteiger partial charge in [0.05, 0.1) is 34.9 Å². The molecule has 1 aromatic carbocycles. The number of hydrogen-bond acceptors (Lipinski definition) is 8. The van der Waals surface area contributed by atoms with Crippen LogP contribution in [0.15, 0.2) is 12.1 Å². The van der Waals surface area contributed by atoms with Gasteiger partial charge in [-0.05, 0) is 24.6 Å². The molecule has 8 nitrogen and oxygen atoms in total. The highest BCUT2D eigenvalue weighted by atomic mass is 16.5. The molecule has 0 saturated carbocycles. The lowest BCUT2D eigenvalue weighted by Crippen LogP contribution is -2.33. The number of benzene rings is 1. The zero-order valence-corrected chi connectivity index (χ0v) is 15.2. The number of ether oxygens (including phenoxy) is 4. The van der Waals surface area contributed by atoms with E-state index in [1.807, 2.05) is 6.92 Å². The normalized spacial score (nSPS) is 23.8. The summed E-state index contributed by atoms with van der Waals surface area (Å²) in [6.45, 7) is 1.94. The monoisotopic (exact) mass is 354 g/mol. The average Bonchev–Trinajstić information content (AvgIpc) is 2.96. The molecule has 0 amide bonds. The minimum Gasteiger partial charge on any atom is -0.493 e. The highest BCUT2D eigenvalue weighted by Gasteiger charge is 2.40. The van der Waals surface area contributed by atoms with Crippen LogP contribution >= 0.6 is 0 Å². The third-order valence-electron chi connectivity index (χ3n) is 4.59. The van der Waals surface area contributed by atoms with Crippen LogP contribution in [0.4, 0.5) is 0 Å². The number of aliphatic hydroxyl groups is 1. The van der Waals surface area contributed by atoms with Gasteiger partial charge in [0, 0.05) is 17.9 Å². The van der Waals surface area contributed by atoms with E-state index in [-0.39, 0.29) is 30.3 Å². The fourth-order valence-corrected chi connectivity index (χ4v) is 3.31. The number of rotatable bonds is 7. The van der Waals surface area contributed by atoms with Crippen molar-refractivity contribution in [2.75, 3.05) is 28.4 Å². The van der Waals surface area contributed by atoms with Crippen molar-refractivity contribution in [3.05, 3.63) is 17.7 Å². The van der Waals surface area contributed by atoms with Gasteiger partial charge in [-0.2, -0.15) is 0 Å². The van der Waals surface area contributed by atoms with E-state index in [9.17, 15) is 9.90 Å². The summed E-state index contributed by atoms with van der Waals surface area (Å²) in [6, 6.07) is 3.54. The van der Waals surface area contributed by atoms with Gasteiger partial charge in [0.15, 0.2) is 11.5 Å². The summed E-state index contributed by atoms with van der Waals surface area (Å²) in [5, 5.41) is 10.3. The van der Waals surface area contributed by atoms with Gasteiger partial charge in [0.1, 0.15) is 6.23 Å². The van der Waals surface area contributed by atoms with Crippen molar-refractivity contribution in [3.8, 4) is 17.2 Å². The number of methoxy groups -OCH3 is 4. The van der Waals surface area contributed by atoms with Gasteiger partial charge in [0.2, 0.25) is 5.75 Å². The predicted octanol–water partition coefficient (Wildman–Crippen LogP) is 0.790. The van der Waals surface area contributed by atoms with Crippen molar-refractivity contribution >= 4 is 5.97 Å². The third kappa shape index (κ3) is 3.97. The number of hydrazine groups is 1. The molecule has 0 aromatic heterocycles. The molecule has 0 spiro atoms. The van der Waals surface area contributed by atoms with Crippen LogP contribution in [-0.2, 0) is 9.53 Å². The van der Waals surface area contributed by atoms with E-state index in [0.29, 0.717) is 17.2 Å². The number of hydrogen-bond donors (Lipinski definition) is 3. The molecule has 25 heavy (non-hydrogen) atoms. The van der Waals surface area contributed by atoms with Crippen LogP contribution in [0.1, 0.15) is 24.8 Å². The molecule has 8 heteroatoms. The van der Waals surface area contributed by atoms with Crippen molar-refractivity contribution in [1.82, 2.24) is 10.9 Å². The number of nitrogens with one attached hydrogen (secondary N) is 2. The molecule has 0 bridgehead atoms. The van der Waals surface area contributed by atoms with Crippen LogP contribution in [0.5, 0.6) is 17.2 Å². The van der Waals surface area contributed by atoms with Gasteiger partial charge >= 0.3 is 5.97 Å². The van der Waals surface area contributed by atoms with Gasteiger partial charge in [0.25, 0.3) is 0 Å². The lowest BCUT2D eigenvalue weighted by molar-refractivity contribution is -0.141. The predicted molar refractivity (Wildman–Crippen MR) is 90.7 cm³/mol. The first-order valence-corrected chi connectivity index (χ1v) is 8.02. The maximum Gasteiger partial charge on any atom is 0.306 e. The van der Waals surface area contributed by atoms with Crippen molar-refractivity contribution in [1.29, 1.82) is 0 Å². The molecule has 1 heterocycles. The lowest BCUT2D eigenvalue weighted by Gasteiger charge is -2.28. The van der Waals surface area contributed by atoms with Crippen LogP contribution in [0.2, 0.25) is 0 Å². The highest BCUT2D eigenvalue weighted by Crippen LogP contribution is 2.43. The van der Waals surface area contributed by atoms with Crippen molar-refractivity contribution in [2.24, 2.45) is 5.92 Å². The Labute approximate surface area is 147 Å². The van der Waals surface area contributed by atoms with E-state index in [0.717, 1.165) is 5.56 Å². The van der Waals surface area contributed by atoms with Gasteiger partial charge in [-0.25, -0.2) is 5.43 Å². The molecule has 0 radical (unpaired) electrons. The molecular formula is C17H26N2O6. The lowest BCUT2D eigenvalue weighted by atomic mass is 9.79. The topological polar surface area (TPSA) is 98.3 Å². The van der Waals surface area contributed by atoms with Crippen LogP contribution < -0.4 is 25.1 Å². The second kappa shape index (κ2) is 8.37. The molecule has 0 aliphatic carbocycles. The number of carbonyl (C=O) groups is 1. The first kappa shape index (κ1) is 19.3. The van der Waals surface area contributed by atoms with Gasteiger partial charge < -0.3 is 24.1 Å². The zero-order chi connectivity index (χ0) is 18.6. The number of carbonyl (C=O) groups excluding carboxylic acids is 1. The fourth-order valence-electron chi connectivity index (χ4n) is 3.31. The molecule has 1 aliphatic heterocycles. The van der Waals surface area contributed by atoms with Crippen LogP contribution in [0.3, 0.4) is 0 Å². The molecule has 4 unspecified atom stereocenters. The Balaban J connectivity index is 2.51. The first-order chi connectivity index (χ1) is 12.0. The van der Waals surface area contributed by atoms with E-state index in [2.05, 4.69) is 10.9 Å². The molecule has 1 fully saturated rings. The summed E-state index contributed by atoms with van der Waals surface area (Å²) < 4.78 is 21.0. The summed E-state index contributed by atoms with van der Waals surface area (Å²) in [5.41, 5.74) is 6.60. The molecular weight excluding hydrogens is 328 g/mol. The van der Waals surface area contributed by atoms with Crippen molar-refractivity contribution in [2.45, 2.75) is 31.5 Å². The van der Waals surface area contributed by atoms with Crippen LogP contribution in [-0.4, -0.2) is 51.8 Å². The van der Waals surface area contributed by atoms with E-state index in [1.54, 1.807) is 12.1 Å². The Morgan fingerprint density at radius 1 is 1.12 bits per heavy atom. The quantitative estimate of drug-likeness (QED) is 0.618. The van der Waals surface area contributed by atoms with E-state index in [4.69, 9.17) is 18.9 Å². The SMILES string of the molecule is COC(=O)CC(c1cc(OC)c(OC)c(OC)c1)C1C(C)NNC1O. The highest BCUT2D eigenvalue weighted by molar-refractivity contribution is 5.71. The Morgan fingerprint density at radius 2 is 1.72 bits per heavy atom. The molecule has 4 atom stereocenters.